The molecule has 1 amide bonds. The second-order valence-corrected chi connectivity index (χ2v) is 9.66. The van der Waals surface area contributed by atoms with E-state index in [4.69, 9.17) is 16.5 Å². The van der Waals surface area contributed by atoms with Crippen molar-refractivity contribution in [2.24, 2.45) is 26.4 Å². The molecule has 0 bridgehead atoms. The molecule has 4 rings (SSSR count). The maximum atomic E-state index is 12.9. The van der Waals surface area contributed by atoms with Gasteiger partial charge in [-0.1, -0.05) is 12.6 Å². The average Bonchev–Trinajstić information content (AvgIpc) is 3.15. The molecular formula is C28H32F3N9O. The number of aryl methyl sites for hydroxylation is 1. The molecule has 2 aromatic rings. The monoisotopic (exact) mass is 567 g/mol. The predicted octanol–water partition coefficient (Wildman–Crippen LogP) is 3.75. The van der Waals surface area contributed by atoms with Gasteiger partial charge in [0, 0.05) is 42.8 Å². The minimum Gasteiger partial charge on any atom is -0.383 e. The van der Waals surface area contributed by atoms with Crippen LogP contribution >= 0.6 is 0 Å². The first-order valence-corrected chi connectivity index (χ1v) is 12.9. The summed E-state index contributed by atoms with van der Waals surface area (Å²) < 4.78 is 38.6. The summed E-state index contributed by atoms with van der Waals surface area (Å²) in [7, 11) is 2.06. The van der Waals surface area contributed by atoms with E-state index in [1.807, 2.05) is 11.8 Å². The number of carbonyl (C=O) groups excluding carboxylic acids is 1. The van der Waals surface area contributed by atoms with Crippen LogP contribution in [0.25, 0.3) is 0 Å². The second kappa shape index (κ2) is 12.3. The third-order valence-electron chi connectivity index (χ3n) is 6.62. The zero-order chi connectivity index (χ0) is 29.7. The summed E-state index contributed by atoms with van der Waals surface area (Å²) in [6.07, 6.45) is -2.20. The van der Waals surface area contributed by atoms with Gasteiger partial charge in [-0.05, 0) is 68.9 Å². The van der Waals surface area contributed by atoms with Crippen LogP contribution < -0.4 is 22.1 Å². The topological polar surface area (TPSA) is 137 Å². The maximum absolute atomic E-state index is 12.9. The van der Waals surface area contributed by atoms with Crippen LogP contribution in [0.2, 0.25) is 0 Å². The molecule has 1 fully saturated rings. The van der Waals surface area contributed by atoms with Crippen molar-refractivity contribution in [1.82, 2.24) is 9.80 Å². The number of nitrogens with two attached hydrogens (primary N) is 2. The number of amidine groups is 1. The lowest BCUT2D eigenvalue weighted by atomic mass is 10.1. The Morgan fingerprint density at radius 1 is 1.07 bits per heavy atom. The number of nitrogens with zero attached hydrogens (tertiary/aromatic N) is 5. The molecule has 0 radical (unpaired) electrons. The largest absolute Gasteiger partial charge is 0.416 e. The molecule has 1 saturated heterocycles. The van der Waals surface area contributed by atoms with Crippen LogP contribution in [0.3, 0.4) is 0 Å². The highest BCUT2D eigenvalue weighted by atomic mass is 19.4. The number of hydrogen-bond donors (Lipinski definition) is 4. The maximum Gasteiger partial charge on any atom is 0.416 e. The lowest BCUT2D eigenvalue weighted by Crippen LogP contribution is -2.40. The summed E-state index contributed by atoms with van der Waals surface area (Å²) in [5.74, 6) is 0.209. The molecule has 41 heavy (non-hydrogen) atoms. The Balaban J connectivity index is 1.60. The van der Waals surface area contributed by atoms with Crippen molar-refractivity contribution in [3.63, 3.8) is 0 Å². The summed E-state index contributed by atoms with van der Waals surface area (Å²) in [5, 5.41) is 5.72. The number of anilines is 2. The number of guanidine groups is 1. The standard InChI is InChI=1S/C28H32F3N9O/c1-4-34-22-23(37-27(38-24(22)32)40-13-5-12-39(3)14-15-40)25(33)36-21-16-18(7-6-17(21)2)26(41)35-20-10-8-19(9-11-20)28(29,30)31/h4,6-11,16,36H,1,5,12-15,33H2,2-3H3,(H,35,41)(H2,32,37,38)/b25-23-,34-22+. The molecule has 2 heterocycles. The molecule has 6 N–H and O–H groups in total. The quantitative estimate of drug-likeness (QED) is 0.435. The Kier molecular flexibility index (Phi) is 8.77. The molecule has 2 aromatic carbocycles. The fourth-order valence-electron chi connectivity index (χ4n) is 4.30. The second-order valence-electron chi connectivity index (χ2n) is 9.66. The lowest BCUT2D eigenvalue weighted by molar-refractivity contribution is -0.137. The third-order valence-corrected chi connectivity index (χ3v) is 6.62. The zero-order valence-corrected chi connectivity index (χ0v) is 22.8. The minimum absolute atomic E-state index is 0.135. The van der Waals surface area contributed by atoms with E-state index in [0.717, 1.165) is 50.3 Å². The molecule has 0 atom stereocenters. The molecule has 0 spiro atoms. The van der Waals surface area contributed by atoms with Crippen LogP contribution in [-0.4, -0.2) is 66.4 Å². The van der Waals surface area contributed by atoms with E-state index >= 15 is 0 Å². The Morgan fingerprint density at radius 3 is 2.49 bits per heavy atom. The van der Waals surface area contributed by atoms with E-state index in [-0.39, 0.29) is 34.3 Å². The van der Waals surface area contributed by atoms with Crippen LogP contribution in [0, 0.1) is 6.92 Å². The van der Waals surface area contributed by atoms with E-state index in [1.165, 1.54) is 18.3 Å². The highest BCUT2D eigenvalue weighted by Gasteiger charge is 2.30. The van der Waals surface area contributed by atoms with Crippen LogP contribution in [0.15, 0.2) is 81.7 Å². The fourth-order valence-corrected chi connectivity index (χ4v) is 4.30. The molecule has 2 aliphatic heterocycles. The predicted molar refractivity (Wildman–Crippen MR) is 156 cm³/mol. The molecule has 10 nitrogen and oxygen atoms in total. The van der Waals surface area contributed by atoms with Gasteiger partial charge in [0.25, 0.3) is 5.91 Å². The number of hydrogen-bond acceptors (Lipinski definition) is 9. The first-order chi connectivity index (χ1) is 19.5. The summed E-state index contributed by atoms with van der Waals surface area (Å²) in [5.41, 5.74) is 14.3. The van der Waals surface area contributed by atoms with E-state index in [2.05, 4.69) is 39.1 Å². The van der Waals surface area contributed by atoms with E-state index in [0.29, 0.717) is 11.6 Å². The number of alkyl halides is 3. The summed E-state index contributed by atoms with van der Waals surface area (Å²) in [6.45, 7) is 8.75. The first-order valence-electron chi connectivity index (χ1n) is 12.9. The van der Waals surface area contributed by atoms with Gasteiger partial charge in [0.15, 0.2) is 5.84 Å². The lowest BCUT2D eigenvalue weighted by Gasteiger charge is -2.25. The number of carbonyl (C=O) groups is 1. The van der Waals surface area contributed by atoms with Gasteiger partial charge in [-0.15, -0.1) is 0 Å². The van der Waals surface area contributed by atoms with Gasteiger partial charge >= 0.3 is 6.18 Å². The molecule has 0 unspecified atom stereocenters. The Bertz CT molecular complexity index is 1440. The number of aliphatic imine (C=N–C) groups is 3. The minimum atomic E-state index is -4.46. The van der Waals surface area contributed by atoms with Crippen molar-refractivity contribution in [3.05, 3.63) is 83.5 Å². The summed E-state index contributed by atoms with van der Waals surface area (Å²) in [4.78, 5) is 30.6. The molecular weight excluding hydrogens is 535 g/mol. The van der Waals surface area contributed by atoms with Gasteiger partial charge in [0.1, 0.15) is 17.2 Å². The zero-order valence-electron chi connectivity index (χ0n) is 22.8. The van der Waals surface area contributed by atoms with Crippen molar-refractivity contribution in [3.8, 4) is 0 Å². The molecule has 13 heteroatoms. The van der Waals surface area contributed by atoms with Crippen molar-refractivity contribution >= 4 is 34.8 Å². The average molecular weight is 568 g/mol. The van der Waals surface area contributed by atoms with Crippen molar-refractivity contribution in [1.29, 1.82) is 0 Å². The van der Waals surface area contributed by atoms with Crippen molar-refractivity contribution in [2.45, 2.75) is 19.5 Å². The highest BCUT2D eigenvalue weighted by molar-refractivity contribution is 6.49. The SMILES string of the molecule is C=C/N=C1/C(N)=NC(N2CCCN(C)CC2)=N/C1=C(/N)Nc1cc(C(=O)Nc2ccc(C(F)(F)F)cc2)ccc1C. The molecule has 0 aromatic heterocycles. The van der Waals surface area contributed by atoms with E-state index < -0.39 is 17.6 Å². The van der Waals surface area contributed by atoms with E-state index in [1.54, 1.807) is 18.2 Å². The number of nitrogens with one attached hydrogen (secondary N) is 2. The van der Waals surface area contributed by atoms with Gasteiger partial charge in [-0.2, -0.15) is 18.2 Å². The van der Waals surface area contributed by atoms with Crippen molar-refractivity contribution in [2.75, 3.05) is 43.9 Å². The number of amides is 1. The van der Waals surface area contributed by atoms with Crippen LogP contribution in [0.1, 0.15) is 27.9 Å². The molecule has 216 valence electrons. The number of benzene rings is 2. The Labute approximate surface area is 236 Å². The van der Waals surface area contributed by atoms with Crippen LogP contribution in [0.5, 0.6) is 0 Å². The number of halogens is 3. The summed E-state index contributed by atoms with van der Waals surface area (Å²) in [6, 6.07) is 9.12. The molecule has 0 saturated carbocycles. The van der Waals surface area contributed by atoms with Crippen molar-refractivity contribution < 1.29 is 18.0 Å². The molecule has 0 aliphatic carbocycles. The van der Waals surface area contributed by atoms with Crippen LogP contribution in [0.4, 0.5) is 24.5 Å². The smallest absolute Gasteiger partial charge is 0.383 e. The van der Waals surface area contributed by atoms with Gasteiger partial charge in [0.05, 0.1) is 5.56 Å². The third kappa shape index (κ3) is 7.11. The van der Waals surface area contributed by atoms with Gasteiger partial charge in [-0.3, -0.25) is 9.79 Å². The normalized spacial score (nSPS) is 18.8. The number of rotatable bonds is 5. The fraction of sp³-hybridized carbons (Fsp3) is 0.286. The summed E-state index contributed by atoms with van der Waals surface area (Å²) >= 11 is 0. The van der Waals surface area contributed by atoms with Gasteiger partial charge < -0.3 is 31.9 Å². The van der Waals surface area contributed by atoms with Crippen LogP contribution in [-0.2, 0) is 6.18 Å². The molecule has 2 aliphatic rings. The highest BCUT2D eigenvalue weighted by Crippen LogP contribution is 2.30. The van der Waals surface area contributed by atoms with E-state index in [9.17, 15) is 18.0 Å². The first kappa shape index (κ1) is 29.3. The number of likely N-dealkylation sites (N-methyl/N-ethyl adjacent to an activating group) is 1. The Morgan fingerprint density at radius 2 is 1.80 bits per heavy atom. The van der Waals surface area contributed by atoms with Gasteiger partial charge in [0.2, 0.25) is 5.96 Å². The van der Waals surface area contributed by atoms with Gasteiger partial charge in [-0.25, -0.2) is 4.99 Å². The Hall–Kier alpha value is -4.65.